The first kappa shape index (κ1) is 16.1. The lowest BCUT2D eigenvalue weighted by Crippen LogP contribution is -2.03. The van der Waals surface area contributed by atoms with Crippen molar-refractivity contribution < 1.29 is 13.9 Å². The summed E-state index contributed by atoms with van der Waals surface area (Å²) in [5, 5.41) is 2.41. The molecule has 0 N–H and O–H groups in total. The van der Waals surface area contributed by atoms with E-state index in [1.807, 2.05) is 35.7 Å². The van der Waals surface area contributed by atoms with E-state index >= 15 is 0 Å². The maximum atomic E-state index is 13.4. The van der Waals surface area contributed by atoms with Gasteiger partial charge in [-0.25, -0.2) is 14.2 Å². The Morgan fingerprint density at radius 3 is 2.67 bits per heavy atom. The molecule has 0 bridgehead atoms. The molecule has 3 rings (SSSR count). The Bertz CT molecular complexity index is 887. The highest BCUT2D eigenvalue weighted by atomic mass is 32.1. The molecule has 1 aromatic heterocycles. The Morgan fingerprint density at radius 1 is 1.17 bits per heavy atom. The summed E-state index contributed by atoms with van der Waals surface area (Å²) >= 11 is 1.35. The second kappa shape index (κ2) is 7.19. The summed E-state index contributed by atoms with van der Waals surface area (Å²) in [4.78, 5) is 16.7. The highest BCUT2D eigenvalue weighted by Gasteiger charge is 2.17. The lowest BCUT2D eigenvalue weighted by atomic mass is 10.1. The standard InChI is InChI=1S/C19H14FNO2S/c1-23-19(22)16(11-13-6-5-9-15(20)10-13)18-21-17(12-24-18)14-7-3-2-4-8-14/h2-12H,1H3/b16-11-. The summed E-state index contributed by atoms with van der Waals surface area (Å²) in [6.07, 6.45) is 1.59. The zero-order valence-electron chi connectivity index (χ0n) is 12.9. The molecule has 0 radical (unpaired) electrons. The van der Waals surface area contributed by atoms with Crippen molar-refractivity contribution in [3.05, 3.63) is 76.4 Å². The van der Waals surface area contributed by atoms with E-state index in [4.69, 9.17) is 4.74 Å². The number of ether oxygens (including phenoxy) is 1. The van der Waals surface area contributed by atoms with Crippen LogP contribution in [0, 0.1) is 5.82 Å². The quantitative estimate of drug-likeness (QED) is 0.512. The monoisotopic (exact) mass is 339 g/mol. The van der Waals surface area contributed by atoms with E-state index in [1.54, 1.807) is 18.2 Å². The Balaban J connectivity index is 2.01. The minimum atomic E-state index is -0.506. The number of hydrogen-bond acceptors (Lipinski definition) is 4. The van der Waals surface area contributed by atoms with Crippen LogP contribution in [0.5, 0.6) is 0 Å². The third-order valence-electron chi connectivity index (χ3n) is 3.37. The number of benzene rings is 2. The minimum Gasteiger partial charge on any atom is -0.465 e. The largest absolute Gasteiger partial charge is 0.465 e. The molecule has 0 aliphatic carbocycles. The van der Waals surface area contributed by atoms with Gasteiger partial charge < -0.3 is 4.74 Å². The van der Waals surface area contributed by atoms with Crippen LogP contribution in [-0.4, -0.2) is 18.1 Å². The lowest BCUT2D eigenvalue weighted by Gasteiger charge is -2.03. The van der Waals surface area contributed by atoms with Gasteiger partial charge in [0.2, 0.25) is 0 Å². The van der Waals surface area contributed by atoms with Crippen LogP contribution in [0.3, 0.4) is 0 Å². The lowest BCUT2D eigenvalue weighted by molar-refractivity contribution is -0.133. The molecule has 0 amide bonds. The summed E-state index contributed by atoms with van der Waals surface area (Å²) in [5.41, 5.74) is 2.63. The maximum Gasteiger partial charge on any atom is 0.340 e. The summed E-state index contributed by atoms with van der Waals surface area (Å²) in [7, 11) is 1.31. The number of carbonyl (C=O) groups excluding carboxylic acids is 1. The highest BCUT2D eigenvalue weighted by Crippen LogP contribution is 2.28. The van der Waals surface area contributed by atoms with Gasteiger partial charge in [0, 0.05) is 10.9 Å². The number of carbonyl (C=O) groups is 1. The fraction of sp³-hybridized carbons (Fsp3) is 0.0526. The number of rotatable bonds is 4. The van der Waals surface area contributed by atoms with Crippen molar-refractivity contribution in [2.24, 2.45) is 0 Å². The van der Waals surface area contributed by atoms with Crippen LogP contribution in [0.15, 0.2) is 60.0 Å². The van der Waals surface area contributed by atoms with Crippen LogP contribution in [0.4, 0.5) is 4.39 Å². The zero-order valence-corrected chi connectivity index (χ0v) is 13.7. The van der Waals surface area contributed by atoms with Gasteiger partial charge >= 0.3 is 5.97 Å². The molecule has 120 valence electrons. The van der Waals surface area contributed by atoms with Gasteiger partial charge in [-0.15, -0.1) is 11.3 Å². The summed E-state index contributed by atoms with van der Waals surface area (Å²) in [6.45, 7) is 0. The molecule has 0 unspecified atom stereocenters. The van der Waals surface area contributed by atoms with Crippen LogP contribution in [-0.2, 0) is 9.53 Å². The molecule has 1 heterocycles. The van der Waals surface area contributed by atoms with Gasteiger partial charge in [-0.05, 0) is 23.8 Å². The van der Waals surface area contributed by atoms with Crippen molar-refractivity contribution in [3.8, 4) is 11.3 Å². The molecule has 0 fully saturated rings. The molecule has 0 saturated carbocycles. The van der Waals surface area contributed by atoms with Crippen LogP contribution in [0.25, 0.3) is 22.9 Å². The Morgan fingerprint density at radius 2 is 1.96 bits per heavy atom. The number of aromatic nitrogens is 1. The molecule has 3 aromatic rings. The van der Waals surface area contributed by atoms with E-state index < -0.39 is 5.97 Å². The third-order valence-corrected chi connectivity index (χ3v) is 4.24. The predicted octanol–water partition coefficient (Wildman–Crippen LogP) is 4.66. The van der Waals surface area contributed by atoms with Crippen molar-refractivity contribution >= 4 is 29.0 Å². The first-order valence-corrected chi connectivity index (χ1v) is 8.12. The van der Waals surface area contributed by atoms with Crippen LogP contribution < -0.4 is 0 Å². The normalized spacial score (nSPS) is 11.3. The van der Waals surface area contributed by atoms with Gasteiger partial charge in [-0.1, -0.05) is 42.5 Å². The van der Waals surface area contributed by atoms with E-state index in [0.717, 1.165) is 11.3 Å². The topological polar surface area (TPSA) is 39.2 Å². The van der Waals surface area contributed by atoms with Gasteiger partial charge in [0.1, 0.15) is 10.8 Å². The molecule has 3 nitrogen and oxygen atoms in total. The Kier molecular flexibility index (Phi) is 4.82. The Labute approximate surface area is 143 Å². The molecule has 5 heteroatoms. The van der Waals surface area contributed by atoms with E-state index in [2.05, 4.69) is 4.98 Å². The second-order valence-corrected chi connectivity index (χ2v) is 5.87. The molecule has 0 aliphatic rings. The highest BCUT2D eigenvalue weighted by molar-refractivity contribution is 7.11. The average molecular weight is 339 g/mol. The first-order valence-electron chi connectivity index (χ1n) is 7.24. The molecule has 0 aliphatic heterocycles. The summed E-state index contributed by atoms with van der Waals surface area (Å²) in [6, 6.07) is 15.7. The maximum absolute atomic E-state index is 13.4. The molecule has 24 heavy (non-hydrogen) atoms. The second-order valence-electron chi connectivity index (χ2n) is 5.01. The van der Waals surface area contributed by atoms with Crippen LogP contribution >= 0.6 is 11.3 Å². The van der Waals surface area contributed by atoms with Gasteiger partial charge in [-0.3, -0.25) is 0 Å². The smallest absolute Gasteiger partial charge is 0.340 e. The number of nitrogens with zero attached hydrogens (tertiary/aromatic N) is 1. The predicted molar refractivity (Wildman–Crippen MR) is 93.8 cm³/mol. The number of thiazole rings is 1. The molecular formula is C19H14FNO2S. The molecule has 0 saturated heterocycles. The van der Waals surface area contributed by atoms with Crippen LogP contribution in [0.1, 0.15) is 10.6 Å². The molecule has 2 aromatic carbocycles. The van der Waals surface area contributed by atoms with Crippen LogP contribution in [0.2, 0.25) is 0 Å². The third kappa shape index (κ3) is 3.58. The average Bonchev–Trinajstić information content (AvgIpc) is 3.09. The van der Waals surface area contributed by atoms with E-state index in [1.165, 1.54) is 30.6 Å². The van der Waals surface area contributed by atoms with Crippen molar-refractivity contribution in [1.29, 1.82) is 0 Å². The van der Waals surface area contributed by atoms with Gasteiger partial charge in [0.15, 0.2) is 0 Å². The molecule has 0 atom stereocenters. The fourth-order valence-corrected chi connectivity index (χ4v) is 3.05. The molecule has 0 spiro atoms. The van der Waals surface area contributed by atoms with Crippen molar-refractivity contribution in [2.45, 2.75) is 0 Å². The number of esters is 1. The number of halogens is 1. The van der Waals surface area contributed by atoms with Gasteiger partial charge in [-0.2, -0.15) is 0 Å². The molecular weight excluding hydrogens is 325 g/mol. The van der Waals surface area contributed by atoms with Crippen molar-refractivity contribution in [1.82, 2.24) is 4.98 Å². The Hall–Kier alpha value is -2.79. The SMILES string of the molecule is COC(=O)/C(=C\c1cccc(F)c1)c1nc(-c2ccccc2)cs1. The van der Waals surface area contributed by atoms with Crippen molar-refractivity contribution in [3.63, 3.8) is 0 Å². The zero-order chi connectivity index (χ0) is 16.9. The van der Waals surface area contributed by atoms with Crippen molar-refractivity contribution in [2.75, 3.05) is 7.11 Å². The number of hydrogen-bond donors (Lipinski definition) is 0. The fourth-order valence-electron chi connectivity index (χ4n) is 2.22. The summed E-state index contributed by atoms with van der Waals surface area (Å²) in [5.74, 6) is -0.870. The van der Waals surface area contributed by atoms with Gasteiger partial charge in [0.05, 0.1) is 18.4 Å². The first-order chi connectivity index (χ1) is 11.7. The van der Waals surface area contributed by atoms with E-state index in [0.29, 0.717) is 16.1 Å². The van der Waals surface area contributed by atoms with E-state index in [9.17, 15) is 9.18 Å². The van der Waals surface area contributed by atoms with Gasteiger partial charge in [0.25, 0.3) is 0 Å². The minimum absolute atomic E-state index is 0.301. The van der Waals surface area contributed by atoms with E-state index in [-0.39, 0.29) is 5.82 Å². The summed E-state index contributed by atoms with van der Waals surface area (Å²) < 4.78 is 18.2. The number of methoxy groups -OCH3 is 1.